The van der Waals surface area contributed by atoms with Crippen LogP contribution in [0.1, 0.15) is 21.5 Å². The minimum absolute atomic E-state index is 0.135. The van der Waals surface area contributed by atoms with E-state index < -0.39 is 23.2 Å². The van der Waals surface area contributed by atoms with Crippen molar-refractivity contribution in [3.63, 3.8) is 0 Å². The molecule has 0 bridgehead atoms. The Bertz CT molecular complexity index is 683. The van der Waals surface area contributed by atoms with Crippen molar-refractivity contribution in [3.05, 3.63) is 69.5 Å². The van der Waals surface area contributed by atoms with Crippen molar-refractivity contribution in [3.8, 4) is 0 Å². The van der Waals surface area contributed by atoms with E-state index in [-0.39, 0.29) is 17.0 Å². The number of halogens is 4. The van der Waals surface area contributed by atoms with Crippen LogP contribution in [0.5, 0.6) is 0 Å². The molecule has 104 valence electrons. The average Bonchev–Trinajstić information content (AvgIpc) is 2.37. The summed E-state index contributed by atoms with van der Waals surface area (Å²) in [7, 11) is 0. The SMILES string of the molecule is Cc1cc(F)ccc1CC(=O)c1cc(F)c(Cl)cc1F. The van der Waals surface area contributed by atoms with E-state index in [0.717, 1.165) is 12.1 Å². The fourth-order valence-electron chi connectivity index (χ4n) is 1.86. The Kier molecular flexibility index (Phi) is 4.14. The Morgan fingerprint density at radius 3 is 2.45 bits per heavy atom. The highest BCUT2D eigenvalue weighted by atomic mass is 35.5. The summed E-state index contributed by atoms with van der Waals surface area (Å²) in [4.78, 5) is 12.0. The summed E-state index contributed by atoms with van der Waals surface area (Å²) in [5, 5.41) is -0.378. The predicted molar refractivity (Wildman–Crippen MR) is 70.5 cm³/mol. The summed E-state index contributed by atoms with van der Waals surface area (Å²) < 4.78 is 39.9. The molecule has 0 heterocycles. The van der Waals surface area contributed by atoms with Crippen LogP contribution in [0.3, 0.4) is 0 Å². The summed E-state index contributed by atoms with van der Waals surface area (Å²) in [6.07, 6.45) is -0.135. The molecule has 0 atom stereocenters. The van der Waals surface area contributed by atoms with Gasteiger partial charge in [0.15, 0.2) is 5.78 Å². The first kappa shape index (κ1) is 14.6. The highest BCUT2D eigenvalue weighted by Gasteiger charge is 2.16. The third-order valence-electron chi connectivity index (χ3n) is 2.97. The molecule has 0 aromatic heterocycles. The van der Waals surface area contributed by atoms with Gasteiger partial charge in [-0.2, -0.15) is 0 Å². The van der Waals surface area contributed by atoms with Crippen LogP contribution in [-0.2, 0) is 6.42 Å². The molecule has 0 amide bonds. The second kappa shape index (κ2) is 5.67. The zero-order valence-corrected chi connectivity index (χ0v) is 11.3. The van der Waals surface area contributed by atoms with Crippen LogP contribution in [0.4, 0.5) is 13.2 Å². The van der Waals surface area contributed by atoms with Gasteiger partial charge in [-0.25, -0.2) is 13.2 Å². The Hall–Kier alpha value is -1.81. The second-order valence-electron chi connectivity index (χ2n) is 4.42. The average molecular weight is 299 g/mol. The topological polar surface area (TPSA) is 17.1 Å². The Balaban J connectivity index is 2.31. The summed E-state index contributed by atoms with van der Waals surface area (Å²) >= 11 is 5.43. The van der Waals surface area contributed by atoms with E-state index in [1.807, 2.05) is 0 Å². The lowest BCUT2D eigenvalue weighted by molar-refractivity contribution is 0.0988. The lowest BCUT2D eigenvalue weighted by atomic mass is 9.99. The van der Waals surface area contributed by atoms with Crippen LogP contribution in [0.15, 0.2) is 30.3 Å². The molecular weight excluding hydrogens is 289 g/mol. The monoisotopic (exact) mass is 298 g/mol. The molecule has 0 saturated carbocycles. The highest BCUT2D eigenvalue weighted by Crippen LogP contribution is 2.21. The molecule has 2 rings (SSSR count). The molecule has 0 unspecified atom stereocenters. The van der Waals surface area contributed by atoms with E-state index in [0.29, 0.717) is 11.1 Å². The van der Waals surface area contributed by atoms with Gasteiger partial charge in [-0.3, -0.25) is 4.79 Å². The normalized spacial score (nSPS) is 10.7. The molecule has 0 aliphatic heterocycles. The molecule has 5 heteroatoms. The minimum atomic E-state index is -0.874. The Morgan fingerprint density at radius 2 is 1.80 bits per heavy atom. The number of carbonyl (C=O) groups is 1. The van der Waals surface area contributed by atoms with Crippen molar-refractivity contribution in [1.29, 1.82) is 0 Å². The molecular formula is C15H10ClF3O. The van der Waals surface area contributed by atoms with E-state index in [1.54, 1.807) is 6.92 Å². The zero-order valence-electron chi connectivity index (χ0n) is 10.5. The maximum atomic E-state index is 13.6. The third-order valence-corrected chi connectivity index (χ3v) is 3.26. The lowest BCUT2D eigenvalue weighted by Crippen LogP contribution is -2.08. The molecule has 0 aliphatic rings. The molecule has 2 aromatic rings. The maximum Gasteiger partial charge on any atom is 0.170 e. The molecule has 0 fully saturated rings. The number of aryl methyl sites for hydroxylation is 1. The van der Waals surface area contributed by atoms with Crippen molar-refractivity contribution in [2.24, 2.45) is 0 Å². The standard InChI is InChI=1S/C15H10ClF3O/c1-8-4-10(17)3-2-9(8)5-15(20)11-6-14(19)12(16)7-13(11)18/h2-4,6-7H,5H2,1H3. The van der Waals surface area contributed by atoms with E-state index in [9.17, 15) is 18.0 Å². The number of hydrogen-bond donors (Lipinski definition) is 0. The van der Waals surface area contributed by atoms with E-state index in [4.69, 9.17) is 11.6 Å². The molecule has 20 heavy (non-hydrogen) atoms. The summed E-state index contributed by atoms with van der Waals surface area (Å²) in [6.45, 7) is 1.64. The molecule has 0 aliphatic carbocycles. The zero-order chi connectivity index (χ0) is 14.9. The van der Waals surface area contributed by atoms with Gasteiger partial charge in [0.1, 0.15) is 17.5 Å². The molecule has 0 saturated heterocycles. The van der Waals surface area contributed by atoms with Crippen molar-refractivity contribution >= 4 is 17.4 Å². The molecule has 2 aromatic carbocycles. The van der Waals surface area contributed by atoms with Crippen LogP contribution in [0.25, 0.3) is 0 Å². The molecule has 0 N–H and O–H groups in total. The Morgan fingerprint density at radius 1 is 1.10 bits per heavy atom. The van der Waals surface area contributed by atoms with Gasteiger partial charge in [-0.1, -0.05) is 17.7 Å². The first-order valence-electron chi connectivity index (χ1n) is 5.81. The number of benzene rings is 2. The number of hydrogen-bond acceptors (Lipinski definition) is 1. The van der Waals surface area contributed by atoms with Gasteiger partial charge >= 0.3 is 0 Å². The molecule has 0 radical (unpaired) electrons. The number of rotatable bonds is 3. The van der Waals surface area contributed by atoms with Crippen molar-refractivity contribution in [2.45, 2.75) is 13.3 Å². The number of Topliss-reactive ketones (excluding diaryl/α,β-unsaturated/α-hetero) is 1. The fraction of sp³-hybridized carbons (Fsp3) is 0.133. The summed E-state index contributed by atoms with van der Waals surface area (Å²) in [6, 6.07) is 5.49. The van der Waals surface area contributed by atoms with Crippen LogP contribution >= 0.6 is 11.6 Å². The van der Waals surface area contributed by atoms with Crippen molar-refractivity contribution in [1.82, 2.24) is 0 Å². The smallest absolute Gasteiger partial charge is 0.170 e. The van der Waals surface area contributed by atoms with Gasteiger partial charge in [-0.05, 0) is 42.3 Å². The first-order chi connectivity index (χ1) is 9.38. The second-order valence-corrected chi connectivity index (χ2v) is 4.82. The lowest BCUT2D eigenvalue weighted by Gasteiger charge is -2.07. The largest absolute Gasteiger partial charge is 0.294 e. The van der Waals surface area contributed by atoms with Gasteiger partial charge in [-0.15, -0.1) is 0 Å². The number of ketones is 1. The van der Waals surface area contributed by atoms with Gasteiger partial charge < -0.3 is 0 Å². The van der Waals surface area contributed by atoms with Crippen molar-refractivity contribution in [2.75, 3.05) is 0 Å². The molecule has 0 spiro atoms. The van der Waals surface area contributed by atoms with Crippen LogP contribution < -0.4 is 0 Å². The van der Waals surface area contributed by atoms with Gasteiger partial charge in [0, 0.05) is 6.42 Å². The van der Waals surface area contributed by atoms with E-state index in [1.165, 1.54) is 18.2 Å². The first-order valence-corrected chi connectivity index (χ1v) is 6.19. The predicted octanol–water partition coefficient (Wildman–Crippen LogP) is 4.49. The number of carbonyl (C=O) groups excluding carboxylic acids is 1. The summed E-state index contributed by atoms with van der Waals surface area (Å²) in [5.41, 5.74) is 0.773. The van der Waals surface area contributed by atoms with E-state index >= 15 is 0 Å². The maximum absolute atomic E-state index is 13.6. The summed E-state index contributed by atoms with van der Waals surface area (Å²) in [5.74, 6) is -2.73. The van der Waals surface area contributed by atoms with Crippen LogP contribution in [0.2, 0.25) is 5.02 Å². The highest BCUT2D eigenvalue weighted by molar-refractivity contribution is 6.30. The van der Waals surface area contributed by atoms with Gasteiger partial charge in [0.05, 0.1) is 10.6 Å². The fourth-order valence-corrected chi connectivity index (χ4v) is 2.01. The van der Waals surface area contributed by atoms with E-state index in [2.05, 4.69) is 0 Å². The van der Waals surface area contributed by atoms with Crippen LogP contribution in [-0.4, -0.2) is 5.78 Å². The van der Waals surface area contributed by atoms with Gasteiger partial charge in [0.2, 0.25) is 0 Å². The quantitative estimate of drug-likeness (QED) is 0.603. The van der Waals surface area contributed by atoms with Gasteiger partial charge in [0.25, 0.3) is 0 Å². The molecule has 1 nitrogen and oxygen atoms in total. The third kappa shape index (κ3) is 3.02. The van der Waals surface area contributed by atoms with Crippen LogP contribution in [0, 0.1) is 24.4 Å². The minimum Gasteiger partial charge on any atom is -0.294 e. The van der Waals surface area contributed by atoms with Crippen molar-refractivity contribution < 1.29 is 18.0 Å². The Labute approximate surface area is 119 Å².